The van der Waals surface area contributed by atoms with Crippen LogP contribution >= 0.6 is 15.9 Å². The molecule has 0 bridgehead atoms. The van der Waals surface area contributed by atoms with Crippen molar-refractivity contribution < 1.29 is 0 Å². The molecule has 3 heteroatoms. The van der Waals surface area contributed by atoms with Gasteiger partial charge in [0.15, 0.2) is 0 Å². The lowest BCUT2D eigenvalue weighted by Gasteiger charge is -2.35. The van der Waals surface area contributed by atoms with Gasteiger partial charge in [0, 0.05) is 35.3 Å². The summed E-state index contributed by atoms with van der Waals surface area (Å²) in [6.45, 7) is 8.67. The summed E-state index contributed by atoms with van der Waals surface area (Å²) in [5, 5.41) is 3.49. The topological polar surface area (TPSA) is 15.3 Å². The maximum atomic E-state index is 3.75. The molecule has 0 radical (unpaired) electrons. The number of nitrogens with zero attached hydrogens (tertiary/aromatic N) is 1. The Bertz CT molecular complexity index is 439. The average Bonchev–Trinajstić information content (AvgIpc) is 2.48. The molecule has 0 amide bonds. The number of halogens is 1. The Kier molecular flexibility index (Phi) is 6.56. The second-order valence-electron chi connectivity index (χ2n) is 6.39. The Morgan fingerprint density at radius 2 is 1.95 bits per heavy atom. The number of hydrogen-bond donors (Lipinski definition) is 1. The van der Waals surface area contributed by atoms with E-state index in [2.05, 4.69) is 65.1 Å². The average molecular weight is 353 g/mol. The number of nitrogens with one attached hydrogen (secondary N) is 1. The minimum Gasteiger partial charge on any atom is -0.369 e. The summed E-state index contributed by atoms with van der Waals surface area (Å²) in [7, 11) is 0. The van der Waals surface area contributed by atoms with Crippen molar-refractivity contribution in [1.29, 1.82) is 0 Å². The van der Waals surface area contributed by atoms with E-state index in [0.29, 0.717) is 6.04 Å². The van der Waals surface area contributed by atoms with Gasteiger partial charge in [-0.25, -0.2) is 0 Å². The van der Waals surface area contributed by atoms with Crippen LogP contribution in [0.2, 0.25) is 0 Å². The standard InChI is InChI=1S/C18H29BrN2/c1-4-21(16-8-6-5-7-9-16)17-11-10-15(18(19)12-17)13-20-14(2)3/h10-12,14,16,20H,4-9,13H2,1-3H3. The smallest absolute Gasteiger partial charge is 0.0380 e. The van der Waals surface area contributed by atoms with Crippen LogP contribution in [0.15, 0.2) is 22.7 Å². The molecule has 0 aromatic heterocycles. The van der Waals surface area contributed by atoms with Crippen LogP contribution in [0, 0.1) is 0 Å². The molecule has 0 aliphatic heterocycles. The normalized spacial score (nSPS) is 16.4. The quantitative estimate of drug-likeness (QED) is 0.765. The molecule has 21 heavy (non-hydrogen) atoms. The molecule has 1 aromatic carbocycles. The molecule has 2 rings (SSSR count). The zero-order valence-electron chi connectivity index (χ0n) is 13.7. The number of rotatable bonds is 6. The molecule has 0 spiro atoms. The van der Waals surface area contributed by atoms with E-state index in [0.717, 1.165) is 19.1 Å². The predicted molar refractivity (Wildman–Crippen MR) is 96.0 cm³/mol. The molecule has 1 aliphatic rings. The summed E-state index contributed by atoms with van der Waals surface area (Å²) in [4.78, 5) is 2.59. The van der Waals surface area contributed by atoms with Gasteiger partial charge in [-0.15, -0.1) is 0 Å². The van der Waals surface area contributed by atoms with E-state index in [1.807, 2.05) is 0 Å². The molecule has 0 unspecified atom stereocenters. The molecule has 2 nitrogen and oxygen atoms in total. The highest BCUT2D eigenvalue weighted by atomic mass is 79.9. The summed E-state index contributed by atoms with van der Waals surface area (Å²) in [5.41, 5.74) is 2.71. The summed E-state index contributed by atoms with van der Waals surface area (Å²) in [6, 6.07) is 8.11. The van der Waals surface area contributed by atoms with E-state index in [4.69, 9.17) is 0 Å². The van der Waals surface area contributed by atoms with Gasteiger partial charge in [-0.2, -0.15) is 0 Å². The molecule has 0 saturated heterocycles. The molecule has 1 N–H and O–H groups in total. The van der Waals surface area contributed by atoms with Gasteiger partial charge >= 0.3 is 0 Å². The number of benzene rings is 1. The van der Waals surface area contributed by atoms with Crippen LogP contribution < -0.4 is 10.2 Å². The first-order chi connectivity index (χ1) is 10.1. The van der Waals surface area contributed by atoms with Gasteiger partial charge in [-0.3, -0.25) is 0 Å². The molecule has 1 saturated carbocycles. The van der Waals surface area contributed by atoms with Crippen molar-refractivity contribution in [3.05, 3.63) is 28.2 Å². The molecule has 1 aromatic rings. The SMILES string of the molecule is CCN(c1ccc(CNC(C)C)c(Br)c1)C1CCCCC1. The molecular weight excluding hydrogens is 324 g/mol. The summed E-state index contributed by atoms with van der Waals surface area (Å²) < 4.78 is 1.22. The minimum atomic E-state index is 0.519. The Labute approximate surface area is 138 Å². The molecule has 1 fully saturated rings. The van der Waals surface area contributed by atoms with E-state index < -0.39 is 0 Å². The van der Waals surface area contributed by atoms with E-state index in [1.165, 1.54) is 47.8 Å². The first-order valence-corrected chi connectivity index (χ1v) is 9.19. The number of anilines is 1. The van der Waals surface area contributed by atoms with Crippen LogP contribution in [0.25, 0.3) is 0 Å². The predicted octanol–water partition coefficient (Wildman–Crippen LogP) is 5.11. The maximum absolute atomic E-state index is 3.75. The maximum Gasteiger partial charge on any atom is 0.0380 e. The van der Waals surface area contributed by atoms with Crippen molar-refractivity contribution in [2.75, 3.05) is 11.4 Å². The Hall–Kier alpha value is -0.540. The fourth-order valence-corrected chi connectivity index (χ4v) is 3.72. The van der Waals surface area contributed by atoms with Crippen LogP contribution in [0.1, 0.15) is 58.4 Å². The van der Waals surface area contributed by atoms with Gasteiger partial charge in [0.25, 0.3) is 0 Å². The lowest BCUT2D eigenvalue weighted by Crippen LogP contribution is -2.36. The molecular formula is C18H29BrN2. The third-order valence-corrected chi connectivity index (χ3v) is 5.16. The summed E-state index contributed by atoms with van der Waals surface area (Å²) >= 11 is 3.75. The van der Waals surface area contributed by atoms with Crippen LogP contribution in [0.5, 0.6) is 0 Å². The first-order valence-electron chi connectivity index (χ1n) is 8.40. The number of hydrogen-bond acceptors (Lipinski definition) is 2. The lowest BCUT2D eigenvalue weighted by molar-refractivity contribution is 0.418. The van der Waals surface area contributed by atoms with E-state index >= 15 is 0 Å². The Morgan fingerprint density at radius 1 is 1.24 bits per heavy atom. The van der Waals surface area contributed by atoms with Gasteiger partial charge in [0.1, 0.15) is 0 Å². The van der Waals surface area contributed by atoms with Gasteiger partial charge in [-0.05, 0) is 37.5 Å². The van der Waals surface area contributed by atoms with E-state index in [1.54, 1.807) is 0 Å². The van der Waals surface area contributed by atoms with Crippen LogP contribution in [-0.4, -0.2) is 18.6 Å². The van der Waals surface area contributed by atoms with E-state index in [9.17, 15) is 0 Å². The molecule has 118 valence electrons. The summed E-state index contributed by atoms with van der Waals surface area (Å²) in [5.74, 6) is 0. The van der Waals surface area contributed by atoms with Crippen molar-refractivity contribution >= 4 is 21.6 Å². The second-order valence-corrected chi connectivity index (χ2v) is 7.24. The monoisotopic (exact) mass is 352 g/mol. The van der Waals surface area contributed by atoms with Crippen LogP contribution in [0.4, 0.5) is 5.69 Å². The molecule has 1 aliphatic carbocycles. The zero-order chi connectivity index (χ0) is 15.2. The van der Waals surface area contributed by atoms with Crippen molar-refractivity contribution in [2.45, 2.75) is 71.5 Å². The molecule has 0 heterocycles. The summed E-state index contributed by atoms with van der Waals surface area (Å²) in [6.07, 6.45) is 6.89. The fourth-order valence-electron chi connectivity index (χ4n) is 3.22. The highest BCUT2D eigenvalue weighted by molar-refractivity contribution is 9.10. The van der Waals surface area contributed by atoms with Crippen molar-refractivity contribution in [2.24, 2.45) is 0 Å². The van der Waals surface area contributed by atoms with Gasteiger partial charge in [0.05, 0.1) is 0 Å². The van der Waals surface area contributed by atoms with Gasteiger partial charge in [-0.1, -0.05) is 55.1 Å². The first kappa shape index (κ1) is 16.8. The second kappa shape index (κ2) is 8.19. The minimum absolute atomic E-state index is 0.519. The largest absolute Gasteiger partial charge is 0.369 e. The lowest BCUT2D eigenvalue weighted by atomic mass is 9.93. The highest BCUT2D eigenvalue weighted by Crippen LogP contribution is 2.30. The Balaban J connectivity index is 2.09. The van der Waals surface area contributed by atoms with Gasteiger partial charge < -0.3 is 10.2 Å². The zero-order valence-corrected chi connectivity index (χ0v) is 15.2. The van der Waals surface area contributed by atoms with Crippen LogP contribution in [-0.2, 0) is 6.54 Å². The Morgan fingerprint density at radius 3 is 2.52 bits per heavy atom. The van der Waals surface area contributed by atoms with Gasteiger partial charge in [0.2, 0.25) is 0 Å². The third kappa shape index (κ3) is 4.72. The van der Waals surface area contributed by atoms with E-state index in [-0.39, 0.29) is 0 Å². The third-order valence-electron chi connectivity index (χ3n) is 4.43. The van der Waals surface area contributed by atoms with Crippen LogP contribution in [0.3, 0.4) is 0 Å². The van der Waals surface area contributed by atoms with Crippen molar-refractivity contribution in [1.82, 2.24) is 5.32 Å². The highest BCUT2D eigenvalue weighted by Gasteiger charge is 2.20. The van der Waals surface area contributed by atoms with Crippen molar-refractivity contribution in [3.63, 3.8) is 0 Å². The fraction of sp³-hybridized carbons (Fsp3) is 0.667. The van der Waals surface area contributed by atoms with Crippen molar-refractivity contribution in [3.8, 4) is 0 Å². The molecule has 0 atom stereocenters.